The monoisotopic (exact) mass is 541 g/mol. The van der Waals surface area contributed by atoms with Gasteiger partial charge in [0.1, 0.15) is 11.9 Å². The van der Waals surface area contributed by atoms with Crippen LogP contribution >= 0.6 is 0 Å². The molecule has 0 radical (unpaired) electrons. The second-order valence-electron chi connectivity index (χ2n) is 13.3. The molecule has 1 aliphatic rings. The summed E-state index contributed by atoms with van der Waals surface area (Å²) < 4.78 is 21.9. The summed E-state index contributed by atoms with van der Waals surface area (Å²) in [6.07, 6.45) is -0.458. The zero-order valence-corrected chi connectivity index (χ0v) is 27.3. The van der Waals surface area contributed by atoms with Gasteiger partial charge in [-0.15, -0.1) is 0 Å². The number of nitrogens with zero attached hydrogens (tertiary/aromatic N) is 1. The van der Waals surface area contributed by atoms with E-state index in [4.69, 9.17) is 13.6 Å². The molecule has 0 fully saturated rings. The molecule has 2 aromatic rings. The Balaban J connectivity index is 2.33. The van der Waals surface area contributed by atoms with Crippen molar-refractivity contribution < 1.29 is 18.4 Å². The summed E-state index contributed by atoms with van der Waals surface area (Å²) >= 11 is 0. The molecule has 1 unspecified atom stereocenters. The average molecular weight is 542 g/mol. The van der Waals surface area contributed by atoms with Gasteiger partial charge in [-0.25, -0.2) is 0 Å². The SMILES string of the molecule is COC1=C(C)C(=O)c2c(c(CO[Si](C)(C)C(C)(C)C)c(-c3ccccc3)n2C)C1O[Si](C)(C)C(C)(C)C. The number of aromatic nitrogens is 1. The summed E-state index contributed by atoms with van der Waals surface area (Å²) in [5, 5.41) is 0.0615. The quantitative estimate of drug-likeness (QED) is 0.330. The highest BCUT2D eigenvalue weighted by Gasteiger charge is 2.46. The largest absolute Gasteiger partial charge is 0.498 e. The Bertz CT molecular complexity index is 1190. The maximum atomic E-state index is 13.8. The van der Waals surface area contributed by atoms with Gasteiger partial charge in [0.05, 0.1) is 25.1 Å². The lowest BCUT2D eigenvalue weighted by Crippen LogP contribution is -2.43. The summed E-state index contributed by atoms with van der Waals surface area (Å²) in [7, 11) is -0.675. The van der Waals surface area contributed by atoms with Gasteiger partial charge in [-0.05, 0) is 48.8 Å². The topological polar surface area (TPSA) is 49.7 Å². The maximum absolute atomic E-state index is 13.8. The maximum Gasteiger partial charge on any atom is 0.208 e. The lowest BCUT2D eigenvalue weighted by atomic mass is 9.90. The Kier molecular flexibility index (Phi) is 7.99. The Morgan fingerprint density at radius 2 is 1.43 bits per heavy atom. The average Bonchev–Trinajstić information content (AvgIpc) is 3.07. The van der Waals surface area contributed by atoms with Crippen LogP contribution in [0.4, 0.5) is 0 Å². The van der Waals surface area contributed by atoms with Gasteiger partial charge in [0, 0.05) is 23.7 Å². The van der Waals surface area contributed by atoms with Crippen molar-refractivity contribution in [1.82, 2.24) is 4.57 Å². The Labute approximate surface area is 226 Å². The normalized spacial score (nSPS) is 17.3. The smallest absolute Gasteiger partial charge is 0.208 e. The van der Waals surface area contributed by atoms with Crippen molar-refractivity contribution in [2.24, 2.45) is 7.05 Å². The third kappa shape index (κ3) is 5.33. The molecular weight excluding hydrogens is 495 g/mol. The predicted molar refractivity (Wildman–Crippen MR) is 158 cm³/mol. The molecule has 1 aromatic heterocycles. The lowest BCUT2D eigenvalue weighted by Gasteiger charge is -2.41. The molecule has 1 atom stereocenters. The van der Waals surface area contributed by atoms with Gasteiger partial charge >= 0.3 is 0 Å². The first-order valence-corrected chi connectivity index (χ1v) is 19.1. The number of rotatable bonds is 7. The molecule has 5 nitrogen and oxygen atoms in total. The molecule has 0 saturated heterocycles. The van der Waals surface area contributed by atoms with E-state index in [2.05, 4.69) is 84.4 Å². The van der Waals surface area contributed by atoms with Crippen LogP contribution in [-0.2, 0) is 27.2 Å². The fraction of sp³-hybridized carbons (Fsp3) is 0.567. The van der Waals surface area contributed by atoms with E-state index in [0.717, 1.165) is 22.4 Å². The lowest BCUT2D eigenvalue weighted by molar-refractivity contribution is 0.0938. The van der Waals surface area contributed by atoms with Crippen molar-refractivity contribution in [1.29, 1.82) is 0 Å². The van der Waals surface area contributed by atoms with Gasteiger partial charge in [-0.3, -0.25) is 4.79 Å². The number of methoxy groups -OCH3 is 1. The molecule has 7 heteroatoms. The minimum Gasteiger partial charge on any atom is -0.498 e. The van der Waals surface area contributed by atoms with Crippen LogP contribution in [0.25, 0.3) is 11.3 Å². The summed E-state index contributed by atoms with van der Waals surface area (Å²) in [4.78, 5) is 13.8. The number of ether oxygens (including phenoxy) is 1. The van der Waals surface area contributed by atoms with E-state index in [9.17, 15) is 4.79 Å². The van der Waals surface area contributed by atoms with Crippen molar-refractivity contribution in [2.75, 3.05) is 7.11 Å². The number of allylic oxidation sites excluding steroid dienone is 1. The Hall–Kier alpha value is -1.94. The first kappa shape index (κ1) is 29.6. The van der Waals surface area contributed by atoms with E-state index in [1.165, 1.54) is 0 Å². The van der Waals surface area contributed by atoms with Crippen LogP contribution < -0.4 is 0 Å². The third-order valence-electron chi connectivity index (χ3n) is 8.83. The van der Waals surface area contributed by atoms with Gasteiger partial charge < -0.3 is 18.2 Å². The zero-order chi connectivity index (χ0) is 28.1. The zero-order valence-electron chi connectivity index (χ0n) is 25.3. The number of carbonyl (C=O) groups is 1. The van der Waals surface area contributed by atoms with Crippen LogP contribution in [0, 0.1) is 0 Å². The highest BCUT2D eigenvalue weighted by Crippen LogP contribution is 2.49. The van der Waals surface area contributed by atoms with Gasteiger partial charge in [0.15, 0.2) is 16.6 Å². The van der Waals surface area contributed by atoms with Gasteiger partial charge in [-0.2, -0.15) is 0 Å². The number of hydrogen-bond donors (Lipinski definition) is 0. The molecular formula is C30H47NO4Si2. The molecule has 1 aliphatic carbocycles. The van der Waals surface area contributed by atoms with E-state index in [-0.39, 0.29) is 15.9 Å². The van der Waals surface area contributed by atoms with Crippen LogP contribution in [0.1, 0.15) is 76.2 Å². The Morgan fingerprint density at radius 1 is 0.892 bits per heavy atom. The van der Waals surface area contributed by atoms with Crippen LogP contribution in [0.5, 0.6) is 0 Å². The van der Waals surface area contributed by atoms with E-state index in [1.54, 1.807) is 7.11 Å². The van der Waals surface area contributed by atoms with Crippen molar-refractivity contribution >= 4 is 22.4 Å². The Morgan fingerprint density at radius 3 is 1.92 bits per heavy atom. The fourth-order valence-corrected chi connectivity index (χ4v) is 6.47. The number of ketones is 1. The van der Waals surface area contributed by atoms with Crippen LogP contribution in [0.15, 0.2) is 41.7 Å². The second-order valence-corrected chi connectivity index (χ2v) is 22.9. The first-order valence-electron chi connectivity index (χ1n) is 13.2. The van der Waals surface area contributed by atoms with Gasteiger partial charge in [0.25, 0.3) is 0 Å². The highest BCUT2D eigenvalue weighted by atomic mass is 28.4. The molecule has 1 heterocycles. The van der Waals surface area contributed by atoms with Crippen LogP contribution in [-0.4, -0.2) is 34.1 Å². The molecule has 204 valence electrons. The van der Waals surface area contributed by atoms with Gasteiger partial charge in [0.2, 0.25) is 5.78 Å². The molecule has 0 saturated carbocycles. The minimum absolute atomic E-state index is 0.00375. The molecule has 0 spiro atoms. The fourth-order valence-electron chi connectivity index (χ4n) is 4.36. The molecule has 0 aliphatic heterocycles. The molecule has 0 N–H and O–H groups in total. The molecule has 37 heavy (non-hydrogen) atoms. The van der Waals surface area contributed by atoms with Crippen molar-refractivity contribution in [2.45, 2.75) is 97.4 Å². The van der Waals surface area contributed by atoms with E-state index >= 15 is 0 Å². The van der Waals surface area contributed by atoms with Gasteiger partial charge in [-0.1, -0.05) is 71.9 Å². The minimum atomic E-state index is -2.24. The standard InChI is InChI=1S/C30H47NO4Si2/c1-20-26(32)25-23(28(27(20)33-9)35-37(12,13)30(5,6)7)22(19-34-36(10,11)29(2,3)4)24(31(25)8)21-17-15-14-16-18-21/h14-18,28H,19H2,1-13H3. The molecule has 0 bridgehead atoms. The number of carbonyl (C=O) groups excluding carboxylic acids is 1. The second kappa shape index (κ2) is 9.99. The van der Waals surface area contributed by atoms with E-state index < -0.39 is 22.7 Å². The number of Topliss-reactive ketones (excluding diaryl/α,β-unsaturated/α-hetero) is 1. The molecule has 0 amide bonds. The summed E-state index contributed by atoms with van der Waals surface area (Å²) in [5.74, 6) is 0.598. The number of fused-ring (bicyclic) bond motifs is 1. The summed E-state index contributed by atoms with van der Waals surface area (Å²) in [5.41, 5.74) is 5.27. The van der Waals surface area contributed by atoms with Crippen LogP contribution in [0.3, 0.4) is 0 Å². The summed E-state index contributed by atoms with van der Waals surface area (Å²) in [6, 6.07) is 10.3. The van der Waals surface area contributed by atoms with Crippen molar-refractivity contribution in [3.05, 3.63) is 58.5 Å². The van der Waals surface area contributed by atoms with Crippen LogP contribution in [0.2, 0.25) is 36.3 Å². The number of benzene rings is 1. The third-order valence-corrected chi connectivity index (χ3v) is 17.7. The first-order chi connectivity index (χ1) is 16.9. The van der Waals surface area contributed by atoms with E-state index in [0.29, 0.717) is 23.6 Å². The molecule has 1 aromatic carbocycles. The molecule has 3 rings (SSSR count). The van der Waals surface area contributed by atoms with Crippen molar-refractivity contribution in [3.8, 4) is 11.3 Å². The predicted octanol–water partition coefficient (Wildman–Crippen LogP) is 8.39. The highest BCUT2D eigenvalue weighted by molar-refractivity contribution is 6.74. The van der Waals surface area contributed by atoms with E-state index in [1.807, 2.05) is 32.2 Å². The summed E-state index contributed by atoms with van der Waals surface area (Å²) in [6.45, 7) is 24.8. The van der Waals surface area contributed by atoms with Crippen molar-refractivity contribution in [3.63, 3.8) is 0 Å². The number of hydrogen-bond acceptors (Lipinski definition) is 4.